The Hall–Kier alpha value is -2.63. The quantitative estimate of drug-likeness (QED) is 0.941. The molecule has 1 amide bonds. The van der Waals surface area contributed by atoms with Crippen LogP contribution in [-0.4, -0.2) is 40.1 Å². The number of nitrogens with zero attached hydrogens (tertiary/aromatic N) is 2. The molecule has 6 nitrogen and oxygen atoms in total. The Morgan fingerprint density at radius 3 is 2.61 bits per heavy atom. The van der Waals surface area contributed by atoms with Crippen LogP contribution < -0.4 is 0 Å². The van der Waals surface area contributed by atoms with Crippen molar-refractivity contribution in [2.24, 2.45) is 5.41 Å². The van der Waals surface area contributed by atoms with Gasteiger partial charge in [-0.25, -0.2) is 0 Å². The van der Waals surface area contributed by atoms with Gasteiger partial charge in [-0.1, -0.05) is 35.5 Å². The Morgan fingerprint density at radius 1 is 1.30 bits per heavy atom. The molecule has 0 radical (unpaired) electrons. The maximum absolute atomic E-state index is 12.9. The van der Waals surface area contributed by atoms with E-state index in [-0.39, 0.29) is 12.5 Å². The lowest BCUT2D eigenvalue weighted by atomic mass is 9.90. The highest BCUT2D eigenvalue weighted by Crippen LogP contribution is 2.33. The smallest absolute Gasteiger partial charge is 0.311 e. The number of aliphatic carboxylic acids is 1. The standard InChI is InChI=1S/C17H18N2O4/c1-11-13(14(23-18-11)12-6-4-3-5-7-12)15(20)19-9-8-17(2,10-19)16(21)22/h3-7H,8-10H2,1-2H3,(H,21,22). The molecule has 3 rings (SSSR count). The third kappa shape index (κ3) is 2.60. The summed E-state index contributed by atoms with van der Waals surface area (Å²) in [6.45, 7) is 4.00. The normalized spacial score (nSPS) is 20.7. The van der Waals surface area contributed by atoms with Crippen LogP contribution in [0.25, 0.3) is 11.3 Å². The number of aryl methyl sites for hydroxylation is 1. The topological polar surface area (TPSA) is 83.6 Å². The van der Waals surface area contributed by atoms with E-state index >= 15 is 0 Å². The van der Waals surface area contributed by atoms with Crippen molar-refractivity contribution in [3.8, 4) is 11.3 Å². The third-order valence-corrected chi connectivity index (χ3v) is 4.39. The van der Waals surface area contributed by atoms with E-state index in [9.17, 15) is 14.7 Å². The maximum atomic E-state index is 12.9. The van der Waals surface area contributed by atoms with Crippen molar-refractivity contribution < 1.29 is 19.2 Å². The monoisotopic (exact) mass is 314 g/mol. The molecule has 1 atom stereocenters. The maximum Gasteiger partial charge on any atom is 0.311 e. The molecule has 1 aliphatic heterocycles. The summed E-state index contributed by atoms with van der Waals surface area (Å²) in [5.74, 6) is -0.678. The molecule has 1 aromatic heterocycles. The second kappa shape index (κ2) is 5.53. The first-order valence-corrected chi connectivity index (χ1v) is 7.47. The molecule has 1 saturated heterocycles. The minimum Gasteiger partial charge on any atom is -0.481 e. The van der Waals surface area contributed by atoms with E-state index in [1.165, 1.54) is 0 Å². The van der Waals surface area contributed by atoms with Gasteiger partial charge in [-0.15, -0.1) is 0 Å². The van der Waals surface area contributed by atoms with Crippen LogP contribution in [0.1, 0.15) is 29.4 Å². The van der Waals surface area contributed by atoms with Crippen LogP contribution in [0.2, 0.25) is 0 Å². The highest BCUT2D eigenvalue weighted by molar-refractivity contribution is 6.01. The molecule has 0 bridgehead atoms. The molecule has 120 valence electrons. The number of hydrogen-bond donors (Lipinski definition) is 1. The Kier molecular flexibility index (Phi) is 3.67. The van der Waals surface area contributed by atoms with Gasteiger partial charge in [-0.2, -0.15) is 0 Å². The Labute approximate surface area is 133 Å². The van der Waals surface area contributed by atoms with Crippen LogP contribution in [0.15, 0.2) is 34.9 Å². The van der Waals surface area contributed by atoms with E-state index in [1.807, 2.05) is 30.3 Å². The molecule has 0 spiro atoms. The van der Waals surface area contributed by atoms with Gasteiger partial charge in [0.25, 0.3) is 5.91 Å². The summed E-state index contributed by atoms with van der Waals surface area (Å²) in [4.78, 5) is 25.8. The van der Waals surface area contributed by atoms with Crippen molar-refractivity contribution in [2.75, 3.05) is 13.1 Å². The van der Waals surface area contributed by atoms with Gasteiger partial charge < -0.3 is 14.5 Å². The van der Waals surface area contributed by atoms with Crippen LogP contribution in [0.4, 0.5) is 0 Å². The molecule has 1 unspecified atom stereocenters. The summed E-state index contributed by atoms with van der Waals surface area (Å²) in [6.07, 6.45) is 0.444. The number of carboxylic acids is 1. The van der Waals surface area contributed by atoms with Crippen LogP contribution in [0.5, 0.6) is 0 Å². The fourth-order valence-electron chi connectivity index (χ4n) is 2.88. The van der Waals surface area contributed by atoms with Gasteiger partial charge in [-0.3, -0.25) is 9.59 Å². The van der Waals surface area contributed by atoms with Crippen LogP contribution in [0, 0.1) is 12.3 Å². The first kappa shape index (κ1) is 15.3. The lowest BCUT2D eigenvalue weighted by Crippen LogP contribution is -2.35. The zero-order valence-electron chi connectivity index (χ0n) is 13.1. The van der Waals surface area contributed by atoms with E-state index in [2.05, 4.69) is 5.16 Å². The van der Waals surface area contributed by atoms with Gasteiger partial charge in [0.05, 0.1) is 11.1 Å². The molecule has 2 aromatic rings. The van der Waals surface area contributed by atoms with Gasteiger partial charge in [0.15, 0.2) is 5.76 Å². The predicted molar refractivity (Wildman–Crippen MR) is 82.9 cm³/mol. The summed E-state index contributed by atoms with van der Waals surface area (Å²) in [5.41, 5.74) is 0.799. The number of hydrogen-bond acceptors (Lipinski definition) is 4. The first-order chi connectivity index (χ1) is 10.9. The fraction of sp³-hybridized carbons (Fsp3) is 0.353. The van der Waals surface area contributed by atoms with Crippen molar-refractivity contribution >= 4 is 11.9 Å². The molecular weight excluding hydrogens is 296 g/mol. The van der Waals surface area contributed by atoms with Gasteiger partial charge in [0.1, 0.15) is 5.56 Å². The lowest BCUT2D eigenvalue weighted by Gasteiger charge is -2.20. The highest BCUT2D eigenvalue weighted by Gasteiger charge is 2.43. The number of benzene rings is 1. The van der Waals surface area contributed by atoms with E-state index in [1.54, 1.807) is 18.7 Å². The Balaban J connectivity index is 1.93. The molecular formula is C17H18N2O4. The van der Waals surface area contributed by atoms with Crippen LogP contribution in [-0.2, 0) is 4.79 Å². The molecule has 1 fully saturated rings. The number of aromatic nitrogens is 1. The van der Waals surface area contributed by atoms with E-state index in [0.29, 0.717) is 30.0 Å². The Morgan fingerprint density at radius 2 is 2.00 bits per heavy atom. The van der Waals surface area contributed by atoms with Crippen molar-refractivity contribution in [1.29, 1.82) is 0 Å². The van der Waals surface area contributed by atoms with Crippen molar-refractivity contribution in [3.05, 3.63) is 41.6 Å². The summed E-state index contributed by atoms with van der Waals surface area (Å²) >= 11 is 0. The number of carbonyl (C=O) groups excluding carboxylic acids is 1. The van der Waals surface area contributed by atoms with Gasteiger partial charge in [0.2, 0.25) is 0 Å². The zero-order valence-corrected chi connectivity index (χ0v) is 13.1. The number of rotatable bonds is 3. The van der Waals surface area contributed by atoms with Crippen molar-refractivity contribution in [2.45, 2.75) is 20.3 Å². The molecule has 1 aromatic carbocycles. The van der Waals surface area contributed by atoms with E-state index in [0.717, 1.165) is 5.56 Å². The average Bonchev–Trinajstić information content (AvgIpc) is 3.12. The van der Waals surface area contributed by atoms with Crippen molar-refractivity contribution in [1.82, 2.24) is 10.1 Å². The predicted octanol–water partition coefficient (Wildman–Crippen LogP) is 2.59. The molecule has 1 N–H and O–H groups in total. The minimum atomic E-state index is -0.895. The second-order valence-corrected chi connectivity index (χ2v) is 6.18. The number of carboxylic acid groups (broad SMARTS) is 1. The number of carbonyl (C=O) groups is 2. The van der Waals surface area contributed by atoms with Gasteiger partial charge in [0, 0.05) is 18.7 Å². The molecule has 23 heavy (non-hydrogen) atoms. The summed E-state index contributed by atoms with van der Waals surface area (Å²) in [7, 11) is 0. The minimum absolute atomic E-state index is 0.194. The fourth-order valence-corrected chi connectivity index (χ4v) is 2.88. The Bertz CT molecular complexity index is 753. The van der Waals surface area contributed by atoms with Crippen LogP contribution in [0.3, 0.4) is 0 Å². The molecule has 2 heterocycles. The van der Waals surface area contributed by atoms with Gasteiger partial charge in [-0.05, 0) is 20.3 Å². The molecule has 1 aliphatic rings. The second-order valence-electron chi connectivity index (χ2n) is 6.18. The van der Waals surface area contributed by atoms with Gasteiger partial charge >= 0.3 is 5.97 Å². The summed E-state index contributed by atoms with van der Waals surface area (Å²) in [6, 6.07) is 9.30. The largest absolute Gasteiger partial charge is 0.481 e. The zero-order chi connectivity index (χ0) is 16.6. The number of likely N-dealkylation sites (tertiary alicyclic amines) is 1. The van der Waals surface area contributed by atoms with E-state index < -0.39 is 11.4 Å². The van der Waals surface area contributed by atoms with Crippen LogP contribution >= 0.6 is 0 Å². The number of amides is 1. The lowest BCUT2D eigenvalue weighted by molar-refractivity contribution is -0.147. The third-order valence-electron chi connectivity index (χ3n) is 4.39. The SMILES string of the molecule is Cc1noc(-c2ccccc2)c1C(=O)N1CCC(C)(C(=O)O)C1. The summed E-state index contributed by atoms with van der Waals surface area (Å²) in [5, 5.41) is 13.2. The first-order valence-electron chi connectivity index (χ1n) is 7.47. The average molecular weight is 314 g/mol. The highest BCUT2D eigenvalue weighted by atomic mass is 16.5. The van der Waals surface area contributed by atoms with Crippen molar-refractivity contribution in [3.63, 3.8) is 0 Å². The molecule has 0 saturated carbocycles. The van der Waals surface area contributed by atoms with E-state index in [4.69, 9.17) is 4.52 Å². The summed E-state index contributed by atoms with van der Waals surface area (Å²) < 4.78 is 5.35. The molecule has 6 heteroatoms. The molecule has 0 aliphatic carbocycles.